The van der Waals surface area contributed by atoms with Crippen molar-refractivity contribution in [3.05, 3.63) is 112 Å². The first-order valence-electron chi connectivity index (χ1n) is 16.0. The Bertz CT molecular complexity index is 1850. The molecule has 2 amide bonds. The lowest BCUT2D eigenvalue weighted by Crippen LogP contribution is -2.30. The summed E-state index contributed by atoms with van der Waals surface area (Å²) in [5, 5.41) is 6.87. The Morgan fingerprint density at radius 3 is 2.17 bits per heavy atom. The number of aryl methyl sites for hydroxylation is 1. The van der Waals surface area contributed by atoms with Gasteiger partial charge in [-0.25, -0.2) is 9.78 Å². The van der Waals surface area contributed by atoms with Gasteiger partial charge in [0.25, 0.3) is 5.56 Å². The third-order valence-electron chi connectivity index (χ3n) is 8.04. The summed E-state index contributed by atoms with van der Waals surface area (Å²) in [6, 6.07) is 22.7. The number of carbonyl (C=O) groups is 1. The van der Waals surface area contributed by atoms with E-state index in [1.807, 2.05) is 72.8 Å². The van der Waals surface area contributed by atoms with Gasteiger partial charge < -0.3 is 15.4 Å². The summed E-state index contributed by atoms with van der Waals surface area (Å²) in [5.41, 5.74) is 5.43. The smallest absolute Gasteiger partial charge is 0.323 e. The van der Waals surface area contributed by atoms with Crippen molar-refractivity contribution in [3.63, 3.8) is 0 Å². The minimum absolute atomic E-state index is 0.191. The minimum Gasteiger partial charge on any atom is -0.487 e. The molecular formula is C38H43N5O3. The van der Waals surface area contributed by atoms with Crippen LogP contribution < -0.4 is 20.9 Å². The highest BCUT2D eigenvalue weighted by atomic mass is 16.5. The van der Waals surface area contributed by atoms with Crippen LogP contribution in [0.2, 0.25) is 0 Å². The standard InChI is InChI=1S/C38H43N5O3/c1-24(2)18-21-43-36-32(17-11-20-40-36)33(27-12-9-14-29(22-27)46-23-28-13-7-8-19-39-28)35(37(43)44)42-38(45)41-34-30(25(3)4)15-10-16-31(34)26(5)6/h7-17,19-20,22,24-26H,18,21,23H2,1-6H3,(H2,41,42,45). The molecule has 3 heterocycles. The van der Waals surface area contributed by atoms with Crippen molar-refractivity contribution in [1.29, 1.82) is 0 Å². The molecular weight excluding hydrogens is 574 g/mol. The summed E-state index contributed by atoms with van der Waals surface area (Å²) < 4.78 is 7.77. The average Bonchev–Trinajstić information content (AvgIpc) is 3.04. The van der Waals surface area contributed by atoms with Gasteiger partial charge in [-0.05, 0) is 77.3 Å². The van der Waals surface area contributed by atoms with Crippen LogP contribution in [0.3, 0.4) is 0 Å². The first-order valence-corrected chi connectivity index (χ1v) is 16.0. The number of rotatable bonds is 11. The van der Waals surface area contributed by atoms with Crippen molar-refractivity contribution in [2.75, 3.05) is 10.6 Å². The van der Waals surface area contributed by atoms with E-state index in [2.05, 4.69) is 62.1 Å². The first-order chi connectivity index (χ1) is 22.1. The number of pyridine rings is 3. The molecule has 5 aromatic rings. The molecule has 0 fully saturated rings. The summed E-state index contributed by atoms with van der Waals surface area (Å²) in [5.74, 6) is 1.38. The molecule has 8 nitrogen and oxygen atoms in total. The van der Waals surface area contributed by atoms with Gasteiger partial charge >= 0.3 is 6.03 Å². The van der Waals surface area contributed by atoms with Crippen LogP contribution in [0.25, 0.3) is 22.2 Å². The molecule has 0 spiro atoms. The number of hydrogen-bond acceptors (Lipinski definition) is 5. The monoisotopic (exact) mass is 617 g/mol. The van der Waals surface area contributed by atoms with E-state index < -0.39 is 6.03 Å². The Labute approximate surface area is 270 Å². The third-order valence-corrected chi connectivity index (χ3v) is 8.04. The summed E-state index contributed by atoms with van der Waals surface area (Å²) in [4.78, 5) is 37.3. The fraction of sp³-hybridized carbons (Fsp3) is 0.316. The van der Waals surface area contributed by atoms with E-state index in [0.29, 0.717) is 36.0 Å². The fourth-order valence-electron chi connectivity index (χ4n) is 5.63. The number of fused-ring (bicyclic) bond motifs is 1. The van der Waals surface area contributed by atoms with Gasteiger partial charge in [-0.1, -0.05) is 77.9 Å². The molecule has 46 heavy (non-hydrogen) atoms. The normalized spacial score (nSPS) is 11.4. The number of anilines is 2. The topological polar surface area (TPSA) is 98.1 Å². The zero-order chi connectivity index (χ0) is 32.8. The quantitative estimate of drug-likeness (QED) is 0.154. The second-order valence-corrected chi connectivity index (χ2v) is 12.6. The molecule has 0 radical (unpaired) electrons. The van der Waals surface area contributed by atoms with Crippen molar-refractivity contribution in [1.82, 2.24) is 14.5 Å². The Morgan fingerprint density at radius 2 is 1.50 bits per heavy atom. The van der Waals surface area contributed by atoms with Gasteiger partial charge in [0, 0.05) is 35.6 Å². The van der Waals surface area contributed by atoms with E-state index in [9.17, 15) is 9.59 Å². The maximum absolute atomic E-state index is 14.4. The number of hydrogen-bond donors (Lipinski definition) is 2. The Kier molecular flexibility index (Phi) is 10.2. The summed E-state index contributed by atoms with van der Waals surface area (Å²) in [6.07, 6.45) is 4.21. The van der Waals surface area contributed by atoms with Crippen LogP contribution >= 0.6 is 0 Å². The van der Waals surface area contributed by atoms with Gasteiger partial charge in [-0.15, -0.1) is 0 Å². The Hall–Kier alpha value is -4.98. The molecule has 5 rings (SSSR count). The Morgan fingerprint density at radius 1 is 0.804 bits per heavy atom. The van der Waals surface area contributed by atoms with Crippen LogP contribution in [-0.4, -0.2) is 20.6 Å². The molecule has 0 unspecified atom stereocenters. The molecule has 238 valence electrons. The average molecular weight is 618 g/mol. The van der Waals surface area contributed by atoms with Crippen LogP contribution in [-0.2, 0) is 13.2 Å². The molecule has 0 saturated heterocycles. The number of ether oxygens (including phenoxy) is 1. The number of urea groups is 1. The molecule has 0 saturated carbocycles. The second kappa shape index (κ2) is 14.4. The molecule has 2 aromatic carbocycles. The van der Waals surface area contributed by atoms with Gasteiger partial charge in [-0.3, -0.25) is 14.3 Å². The molecule has 8 heteroatoms. The van der Waals surface area contributed by atoms with E-state index in [0.717, 1.165) is 39.9 Å². The van der Waals surface area contributed by atoms with Crippen LogP contribution in [0, 0.1) is 5.92 Å². The van der Waals surface area contributed by atoms with Gasteiger partial charge in [0.2, 0.25) is 0 Å². The molecule has 0 aliphatic carbocycles. The van der Waals surface area contributed by atoms with E-state index in [1.54, 1.807) is 17.0 Å². The first kappa shape index (κ1) is 32.4. The number of amides is 2. The number of benzene rings is 2. The SMILES string of the molecule is CC(C)CCn1c(=O)c(NC(=O)Nc2c(C(C)C)cccc2C(C)C)c(-c2cccc(OCc3ccccn3)c2)c2cccnc21. The highest BCUT2D eigenvalue weighted by molar-refractivity contribution is 6.07. The predicted octanol–water partition coefficient (Wildman–Crippen LogP) is 8.97. The van der Waals surface area contributed by atoms with E-state index >= 15 is 0 Å². The molecule has 0 aliphatic rings. The van der Waals surface area contributed by atoms with Gasteiger partial charge in [0.15, 0.2) is 0 Å². The van der Waals surface area contributed by atoms with E-state index in [4.69, 9.17) is 4.74 Å². The van der Waals surface area contributed by atoms with E-state index in [-0.39, 0.29) is 23.1 Å². The fourth-order valence-corrected chi connectivity index (χ4v) is 5.63. The van der Waals surface area contributed by atoms with Crippen molar-refractivity contribution < 1.29 is 9.53 Å². The van der Waals surface area contributed by atoms with Crippen LogP contribution in [0.4, 0.5) is 16.2 Å². The summed E-state index contributed by atoms with van der Waals surface area (Å²) >= 11 is 0. The van der Waals surface area contributed by atoms with E-state index in [1.165, 1.54) is 0 Å². The Balaban J connectivity index is 1.62. The molecule has 0 aliphatic heterocycles. The van der Waals surface area contributed by atoms with Crippen molar-refractivity contribution in [3.8, 4) is 16.9 Å². The maximum Gasteiger partial charge on any atom is 0.323 e. The number of carbonyl (C=O) groups excluding carboxylic acids is 1. The molecule has 2 N–H and O–H groups in total. The van der Waals surface area contributed by atoms with Gasteiger partial charge in [0.05, 0.1) is 5.69 Å². The van der Waals surface area contributed by atoms with Crippen LogP contribution in [0.5, 0.6) is 5.75 Å². The number of nitrogens with zero attached hydrogens (tertiary/aromatic N) is 3. The highest BCUT2D eigenvalue weighted by Gasteiger charge is 2.23. The predicted molar refractivity (Wildman–Crippen MR) is 187 cm³/mol. The van der Waals surface area contributed by atoms with Crippen molar-refractivity contribution in [2.45, 2.75) is 73.0 Å². The summed E-state index contributed by atoms with van der Waals surface area (Å²) in [7, 11) is 0. The largest absolute Gasteiger partial charge is 0.487 e. The molecule has 3 aromatic heterocycles. The molecule has 0 atom stereocenters. The number of aromatic nitrogens is 3. The van der Waals surface area contributed by atoms with Crippen LogP contribution in [0.1, 0.15) is 76.6 Å². The number of nitrogens with one attached hydrogen (secondary N) is 2. The summed E-state index contributed by atoms with van der Waals surface area (Å²) in [6.45, 7) is 13.4. The highest BCUT2D eigenvalue weighted by Crippen LogP contribution is 2.36. The third kappa shape index (κ3) is 7.28. The lowest BCUT2D eigenvalue weighted by molar-refractivity contribution is 0.262. The van der Waals surface area contributed by atoms with Gasteiger partial charge in [0.1, 0.15) is 23.7 Å². The maximum atomic E-state index is 14.4. The second-order valence-electron chi connectivity index (χ2n) is 12.6. The lowest BCUT2D eigenvalue weighted by Gasteiger charge is -2.22. The molecule has 0 bridgehead atoms. The number of para-hydroxylation sites is 1. The minimum atomic E-state index is -0.477. The van der Waals surface area contributed by atoms with Gasteiger partial charge in [-0.2, -0.15) is 0 Å². The lowest BCUT2D eigenvalue weighted by atomic mass is 9.93. The zero-order valence-electron chi connectivity index (χ0n) is 27.5. The van der Waals surface area contributed by atoms with Crippen molar-refractivity contribution in [2.24, 2.45) is 5.92 Å². The van der Waals surface area contributed by atoms with Crippen molar-refractivity contribution >= 4 is 28.4 Å². The zero-order valence-corrected chi connectivity index (χ0v) is 27.5. The van der Waals surface area contributed by atoms with Crippen LogP contribution in [0.15, 0.2) is 90.0 Å².